The number of ether oxygens (including phenoxy) is 2. The minimum atomic E-state index is -0.107. The van der Waals surface area contributed by atoms with Gasteiger partial charge in [-0.05, 0) is 42.5 Å². The largest absolute Gasteiger partial charge is 0.487 e. The van der Waals surface area contributed by atoms with Gasteiger partial charge in [0.05, 0.1) is 11.2 Å². The van der Waals surface area contributed by atoms with Crippen LogP contribution in [0.15, 0.2) is 59.4 Å². The van der Waals surface area contributed by atoms with E-state index >= 15 is 0 Å². The molecule has 1 aliphatic heterocycles. The van der Waals surface area contributed by atoms with Crippen LogP contribution in [0, 0.1) is 0 Å². The number of nitrogens with zero attached hydrogens (tertiary/aromatic N) is 3. The first-order valence-corrected chi connectivity index (χ1v) is 11.5. The molecule has 1 aromatic heterocycles. The molecule has 0 radical (unpaired) electrons. The maximum atomic E-state index is 12.9. The van der Waals surface area contributed by atoms with Crippen LogP contribution in [0.4, 0.5) is 0 Å². The van der Waals surface area contributed by atoms with E-state index in [1.165, 1.54) is 11.3 Å². The first-order valence-electron chi connectivity index (χ1n) is 10.1. The van der Waals surface area contributed by atoms with E-state index in [0.29, 0.717) is 54.9 Å². The van der Waals surface area contributed by atoms with Crippen molar-refractivity contribution in [2.45, 2.75) is 6.61 Å². The van der Waals surface area contributed by atoms with E-state index in [2.05, 4.69) is 4.98 Å². The first kappa shape index (κ1) is 22.1. The summed E-state index contributed by atoms with van der Waals surface area (Å²) in [6.45, 7) is 2.18. The molecule has 3 aromatic rings. The third kappa shape index (κ3) is 5.77. The van der Waals surface area contributed by atoms with Crippen molar-refractivity contribution in [1.29, 1.82) is 0 Å². The van der Waals surface area contributed by atoms with Gasteiger partial charge in [0.15, 0.2) is 6.61 Å². The maximum Gasteiger partial charge on any atom is 0.260 e. The SMILES string of the molecule is O=C(COc1ccc(Cl)cc1)N1CCN(C(=O)c2cccc(OCc3cscn3)c2)CC1. The Morgan fingerprint density at radius 1 is 0.969 bits per heavy atom. The van der Waals surface area contributed by atoms with Crippen molar-refractivity contribution < 1.29 is 19.1 Å². The maximum absolute atomic E-state index is 12.9. The molecule has 1 fully saturated rings. The van der Waals surface area contributed by atoms with Gasteiger partial charge in [0, 0.05) is 42.1 Å². The Bertz CT molecular complexity index is 1050. The molecule has 2 amide bonds. The van der Waals surface area contributed by atoms with Crippen LogP contribution in [-0.4, -0.2) is 59.4 Å². The fourth-order valence-corrected chi connectivity index (χ4v) is 3.96. The lowest BCUT2D eigenvalue weighted by atomic mass is 10.1. The number of hydrogen-bond donors (Lipinski definition) is 0. The van der Waals surface area contributed by atoms with Gasteiger partial charge < -0.3 is 19.3 Å². The molecule has 1 aliphatic rings. The monoisotopic (exact) mass is 471 g/mol. The van der Waals surface area contributed by atoms with Crippen LogP contribution in [0.25, 0.3) is 0 Å². The number of benzene rings is 2. The number of amides is 2. The summed E-state index contributed by atoms with van der Waals surface area (Å²) in [5.74, 6) is 1.03. The highest BCUT2D eigenvalue weighted by molar-refractivity contribution is 7.07. The second-order valence-corrected chi connectivity index (χ2v) is 8.37. The molecule has 0 saturated carbocycles. The van der Waals surface area contributed by atoms with Crippen LogP contribution in [0.5, 0.6) is 11.5 Å². The highest BCUT2D eigenvalue weighted by atomic mass is 35.5. The van der Waals surface area contributed by atoms with Crippen molar-refractivity contribution in [3.63, 3.8) is 0 Å². The Labute approximate surface area is 195 Å². The molecule has 7 nitrogen and oxygen atoms in total. The molecular weight excluding hydrogens is 450 g/mol. The quantitative estimate of drug-likeness (QED) is 0.525. The number of carbonyl (C=O) groups excluding carboxylic acids is 2. The average Bonchev–Trinajstić information content (AvgIpc) is 3.36. The molecule has 166 valence electrons. The predicted octanol–water partition coefficient (Wildman–Crippen LogP) is 3.74. The standard InChI is InChI=1S/C23H22ClN3O4S/c24-18-4-6-20(7-5-18)31-14-22(28)26-8-10-27(11-9-26)23(29)17-2-1-3-21(12-17)30-13-19-15-32-16-25-19/h1-7,12,15-16H,8-11,13-14H2. The molecule has 0 aliphatic carbocycles. The third-order valence-electron chi connectivity index (χ3n) is 5.05. The number of aromatic nitrogens is 1. The van der Waals surface area contributed by atoms with Crippen molar-refractivity contribution in [2.24, 2.45) is 0 Å². The molecule has 0 N–H and O–H groups in total. The van der Waals surface area contributed by atoms with Gasteiger partial charge in [-0.2, -0.15) is 0 Å². The molecule has 1 saturated heterocycles. The molecule has 0 spiro atoms. The number of hydrogen-bond acceptors (Lipinski definition) is 6. The molecule has 2 aromatic carbocycles. The minimum Gasteiger partial charge on any atom is -0.487 e. The Balaban J connectivity index is 1.26. The van der Waals surface area contributed by atoms with E-state index in [1.807, 2.05) is 11.4 Å². The first-order chi connectivity index (χ1) is 15.6. The molecule has 32 heavy (non-hydrogen) atoms. The highest BCUT2D eigenvalue weighted by Gasteiger charge is 2.25. The Kier molecular flexibility index (Phi) is 7.24. The number of piperazine rings is 1. The smallest absolute Gasteiger partial charge is 0.260 e. The lowest BCUT2D eigenvalue weighted by Crippen LogP contribution is -2.51. The van der Waals surface area contributed by atoms with Gasteiger partial charge in [-0.25, -0.2) is 4.98 Å². The van der Waals surface area contributed by atoms with Gasteiger partial charge >= 0.3 is 0 Å². The molecule has 0 unspecified atom stereocenters. The van der Waals surface area contributed by atoms with Crippen molar-refractivity contribution in [3.8, 4) is 11.5 Å². The summed E-state index contributed by atoms with van der Waals surface area (Å²) < 4.78 is 11.3. The van der Waals surface area contributed by atoms with E-state index in [9.17, 15) is 9.59 Å². The van der Waals surface area contributed by atoms with Crippen LogP contribution in [-0.2, 0) is 11.4 Å². The molecular formula is C23H22ClN3O4S. The molecule has 9 heteroatoms. The lowest BCUT2D eigenvalue weighted by Gasteiger charge is -2.34. The number of thiazole rings is 1. The van der Waals surface area contributed by atoms with Crippen molar-refractivity contribution in [2.75, 3.05) is 32.8 Å². The van der Waals surface area contributed by atoms with Gasteiger partial charge in [0.25, 0.3) is 11.8 Å². The van der Waals surface area contributed by atoms with Crippen molar-refractivity contribution in [3.05, 3.63) is 75.7 Å². The van der Waals surface area contributed by atoms with E-state index in [0.717, 1.165) is 5.69 Å². The molecule has 4 rings (SSSR count). The zero-order valence-corrected chi connectivity index (χ0v) is 18.8. The Morgan fingerprint density at radius 2 is 1.72 bits per heavy atom. The van der Waals surface area contributed by atoms with E-state index in [1.54, 1.807) is 57.8 Å². The van der Waals surface area contributed by atoms with Crippen LogP contribution in [0.2, 0.25) is 5.02 Å². The normalized spacial score (nSPS) is 13.7. The van der Waals surface area contributed by atoms with Crippen LogP contribution in [0.1, 0.15) is 16.1 Å². The second kappa shape index (κ2) is 10.5. The number of halogens is 1. The summed E-state index contributed by atoms with van der Waals surface area (Å²) in [5, 5.41) is 2.54. The zero-order chi connectivity index (χ0) is 22.3. The lowest BCUT2D eigenvalue weighted by molar-refractivity contribution is -0.134. The molecule has 0 atom stereocenters. The van der Waals surface area contributed by atoms with Gasteiger partial charge in [0.1, 0.15) is 18.1 Å². The molecule has 2 heterocycles. The molecule has 0 bridgehead atoms. The minimum absolute atomic E-state index is 0.0477. The van der Waals surface area contributed by atoms with Gasteiger partial charge in [-0.3, -0.25) is 9.59 Å². The fraction of sp³-hybridized carbons (Fsp3) is 0.261. The summed E-state index contributed by atoms with van der Waals surface area (Å²) in [7, 11) is 0. The third-order valence-corrected chi connectivity index (χ3v) is 5.93. The highest BCUT2D eigenvalue weighted by Crippen LogP contribution is 2.18. The van der Waals surface area contributed by atoms with Crippen molar-refractivity contribution >= 4 is 34.8 Å². The Hall–Kier alpha value is -3.10. The zero-order valence-electron chi connectivity index (χ0n) is 17.3. The Morgan fingerprint density at radius 3 is 2.44 bits per heavy atom. The van der Waals surface area contributed by atoms with Gasteiger partial charge in [0.2, 0.25) is 0 Å². The number of rotatable bonds is 7. The van der Waals surface area contributed by atoms with E-state index in [-0.39, 0.29) is 18.4 Å². The predicted molar refractivity (Wildman–Crippen MR) is 122 cm³/mol. The van der Waals surface area contributed by atoms with Gasteiger partial charge in [-0.1, -0.05) is 17.7 Å². The van der Waals surface area contributed by atoms with Crippen LogP contribution in [0.3, 0.4) is 0 Å². The summed E-state index contributed by atoms with van der Waals surface area (Å²) in [4.78, 5) is 33.0. The summed E-state index contributed by atoms with van der Waals surface area (Å²) in [5.41, 5.74) is 3.17. The summed E-state index contributed by atoms with van der Waals surface area (Å²) in [6, 6.07) is 14.0. The van der Waals surface area contributed by atoms with Crippen molar-refractivity contribution in [1.82, 2.24) is 14.8 Å². The summed E-state index contributed by atoms with van der Waals surface area (Å²) >= 11 is 7.37. The second-order valence-electron chi connectivity index (χ2n) is 7.21. The van der Waals surface area contributed by atoms with E-state index in [4.69, 9.17) is 21.1 Å². The van der Waals surface area contributed by atoms with E-state index < -0.39 is 0 Å². The average molecular weight is 472 g/mol. The summed E-state index contributed by atoms with van der Waals surface area (Å²) in [6.07, 6.45) is 0. The topological polar surface area (TPSA) is 72.0 Å². The van der Waals surface area contributed by atoms with Gasteiger partial charge in [-0.15, -0.1) is 11.3 Å². The number of carbonyl (C=O) groups is 2. The van der Waals surface area contributed by atoms with Crippen LogP contribution >= 0.6 is 22.9 Å². The van der Waals surface area contributed by atoms with Crippen LogP contribution < -0.4 is 9.47 Å². The fourth-order valence-electron chi connectivity index (χ4n) is 3.29.